The average molecular weight is 587 g/mol. The number of para-hydroxylation sites is 1. The molecule has 0 spiro atoms. The van der Waals surface area contributed by atoms with Gasteiger partial charge in [0.05, 0.1) is 30.4 Å². The zero-order valence-corrected chi connectivity index (χ0v) is 25.0. The SMILES string of the molecule is CNC(=O)C1CC(c2cccc3cc(-c4nc5cc(C(=O)N6C[C@H](N)C[C@H](F)C6)cc(OC)c5n4C)n(CC4CC4)c23)C1. The Balaban J connectivity index is 1.31. The quantitative estimate of drug-likeness (QED) is 0.335. The van der Waals surface area contributed by atoms with E-state index in [0.29, 0.717) is 35.2 Å². The van der Waals surface area contributed by atoms with E-state index in [4.69, 9.17) is 15.5 Å². The first kappa shape index (κ1) is 27.9. The number of fused-ring (bicyclic) bond motifs is 2. The Morgan fingerprint density at radius 3 is 2.60 bits per heavy atom. The molecule has 0 bridgehead atoms. The Hall–Kier alpha value is -3.92. The van der Waals surface area contributed by atoms with Crippen molar-refractivity contribution in [2.24, 2.45) is 24.6 Å². The minimum absolute atomic E-state index is 0.0365. The van der Waals surface area contributed by atoms with Gasteiger partial charge in [-0.25, -0.2) is 9.37 Å². The molecule has 2 aromatic carbocycles. The Morgan fingerprint density at radius 1 is 1.12 bits per heavy atom. The topological polar surface area (TPSA) is 107 Å². The van der Waals surface area contributed by atoms with Gasteiger partial charge in [-0.05, 0) is 67.7 Å². The van der Waals surface area contributed by atoms with Crippen LogP contribution in [-0.2, 0) is 18.4 Å². The zero-order valence-electron chi connectivity index (χ0n) is 25.0. The summed E-state index contributed by atoms with van der Waals surface area (Å²) in [6.07, 6.45) is 3.27. The molecule has 2 aliphatic carbocycles. The highest BCUT2D eigenvalue weighted by molar-refractivity contribution is 6.00. The summed E-state index contributed by atoms with van der Waals surface area (Å²) >= 11 is 0. The lowest BCUT2D eigenvalue weighted by molar-refractivity contribution is -0.127. The molecule has 3 aliphatic rings. The highest BCUT2D eigenvalue weighted by Crippen LogP contribution is 2.46. The fourth-order valence-electron chi connectivity index (χ4n) is 7.15. The number of imidazole rings is 1. The smallest absolute Gasteiger partial charge is 0.254 e. The number of benzene rings is 2. The van der Waals surface area contributed by atoms with Crippen molar-refractivity contribution in [3.05, 3.63) is 47.5 Å². The van der Waals surface area contributed by atoms with Crippen LogP contribution in [0.2, 0.25) is 0 Å². The van der Waals surface area contributed by atoms with Crippen LogP contribution in [0.25, 0.3) is 33.5 Å². The number of methoxy groups -OCH3 is 1. The Bertz CT molecular complexity index is 1720. The number of carbonyl (C=O) groups is 2. The van der Waals surface area contributed by atoms with Crippen molar-refractivity contribution >= 4 is 33.8 Å². The molecule has 1 aliphatic heterocycles. The molecule has 7 rings (SSSR count). The molecule has 3 N–H and O–H groups in total. The van der Waals surface area contributed by atoms with E-state index in [1.165, 1.54) is 28.8 Å². The van der Waals surface area contributed by atoms with Crippen LogP contribution in [0, 0.1) is 11.8 Å². The molecule has 2 aromatic heterocycles. The maximum absolute atomic E-state index is 14.3. The van der Waals surface area contributed by atoms with Gasteiger partial charge in [-0.15, -0.1) is 0 Å². The molecule has 2 saturated carbocycles. The van der Waals surface area contributed by atoms with E-state index in [-0.39, 0.29) is 36.7 Å². The third-order valence-corrected chi connectivity index (χ3v) is 9.63. The summed E-state index contributed by atoms with van der Waals surface area (Å²) in [6, 6.07) is 11.8. The van der Waals surface area contributed by atoms with E-state index in [0.717, 1.165) is 41.8 Å². The largest absolute Gasteiger partial charge is 0.494 e. The first-order valence-electron chi connectivity index (χ1n) is 15.3. The molecule has 226 valence electrons. The number of carbonyl (C=O) groups excluding carboxylic acids is 2. The van der Waals surface area contributed by atoms with Crippen LogP contribution in [0.4, 0.5) is 4.39 Å². The third-order valence-electron chi connectivity index (χ3n) is 9.63. The Kier molecular flexibility index (Phi) is 6.91. The number of halogens is 1. The van der Waals surface area contributed by atoms with E-state index < -0.39 is 6.17 Å². The van der Waals surface area contributed by atoms with Crippen molar-refractivity contribution in [2.45, 2.75) is 56.8 Å². The number of aryl methyl sites for hydroxylation is 1. The minimum Gasteiger partial charge on any atom is -0.494 e. The summed E-state index contributed by atoms with van der Waals surface area (Å²) < 4.78 is 24.5. The number of nitrogens with one attached hydrogen (secondary N) is 1. The van der Waals surface area contributed by atoms with Crippen LogP contribution < -0.4 is 15.8 Å². The van der Waals surface area contributed by atoms with Crippen molar-refractivity contribution in [3.63, 3.8) is 0 Å². The molecule has 1 saturated heterocycles. The molecule has 4 aromatic rings. The molecule has 0 unspecified atom stereocenters. The normalized spacial score (nSPS) is 23.9. The monoisotopic (exact) mass is 586 g/mol. The number of nitrogens with two attached hydrogens (primary N) is 1. The van der Waals surface area contributed by atoms with Crippen LogP contribution in [-0.4, -0.2) is 70.3 Å². The van der Waals surface area contributed by atoms with Gasteiger partial charge in [0, 0.05) is 50.1 Å². The van der Waals surface area contributed by atoms with E-state index in [1.54, 1.807) is 26.3 Å². The third kappa shape index (κ3) is 4.85. The van der Waals surface area contributed by atoms with E-state index >= 15 is 0 Å². The Labute approximate surface area is 250 Å². The molecule has 2 atom stereocenters. The number of ether oxygens (including phenoxy) is 1. The predicted octanol–water partition coefficient (Wildman–Crippen LogP) is 4.36. The lowest BCUT2D eigenvalue weighted by atomic mass is 9.70. The lowest BCUT2D eigenvalue weighted by Crippen LogP contribution is -2.50. The summed E-state index contributed by atoms with van der Waals surface area (Å²) in [6.45, 7) is 1.27. The first-order valence-corrected chi connectivity index (χ1v) is 15.3. The summed E-state index contributed by atoms with van der Waals surface area (Å²) in [5.41, 5.74) is 11.4. The molecule has 3 heterocycles. The number of likely N-dealkylation sites (tertiary alicyclic amines) is 1. The molecule has 3 fully saturated rings. The molecule has 2 amide bonds. The van der Waals surface area contributed by atoms with E-state index in [9.17, 15) is 14.0 Å². The summed E-state index contributed by atoms with van der Waals surface area (Å²) in [7, 11) is 5.27. The van der Waals surface area contributed by atoms with Crippen LogP contribution in [0.1, 0.15) is 53.9 Å². The minimum atomic E-state index is -1.13. The number of hydrogen-bond acceptors (Lipinski definition) is 5. The number of piperidine rings is 1. The van der Waals surface area contributed by atoms with Crippen LogP contribution in [0.3, 0.4) is 0 Å². The van der Waals surface area contributed by atoms with Gasteiger partial charge < -0.3 is 29.8 Å². The number of hydrogen-bond donors (Lipinski definition) is 2. The van der Waals surface area contributed by atoms with Gasteiger partial charge in [0.25, 0.3) is 5.91 Å². The fraction of sp³-hybridized carbons (Fsp3) is 0.485. The van der Waals surface area contributed by atoms with E-state index in [1.807, 2.05) is 11.6 Å². The number of amides is 2. The van der Waals surface area contributed by atoms with Gasteiger partial charge in [0.2, 0.25) is 5.91 Å². The lowest BCUT2D eigenvalue weighted by Gasteiger charge is -2.35. The molecular weight excluding hydrogens is 547 g/mol. The molecular formula is C33H39FN6O3. The van der Waals surface area contributed by atoms with Gasteiger partial charge in [-0.3, -0.25) is 9.59 Å². The standard InChI is InChI=1S/C33H39FN6O3/c1-36-32(41)21-9-20(10-21)25-6-4-5-19-12-27(40(29(19)25)15-18-7-8-18)31-37-26-11-22(13-28(43-3)30(26)38(31)2)33(42)39-16-23(34)14-24(35)17-39/h4-6,11-13,18,20-21,23-24H,7-10,14-17,35H2,1-3H3,(H,36,41)/t20?,21?,23-,24+/m0/s1. The highest BCUT2D eigenvalue weighted by atomic mass is 19.1. The fourth-order valence-corrected chi connectivity index (χ4v) is 7.15. The van der Waals surface area contributed by atoms with Gasteiger partial charge in [-0.2, -0.15) is 0 Å². The van der Waals surface area contributed by atoms with Crippen molar-refractivity contribution in [1.29, 1.82) is 0 Å². The summed E-state index contributed by atoms with van der Waals surface area (Å²) in [4.78, 5) is 32.3. The molecule has 43 heavy (non-hydrogen) atoms. The first-order chi connectivity index (χ1) is 20.7. The van der Waals surface area contributed by atoms with Crippen molar-refractivity contribution < 1.29 is 18.7 Å². The van der Waals surface area contributed by atoms with Gasteiger partial charge in [0.1, 0.15) is 17.4 Å². The molecule has 10 heteroatoms. The second-order valence-electron chi connectivity index (χ2n) is 12.7. The Morgan fingerprint density at radius 2 is 1.91 bits per heavy atom. The number of alkyl halides is 1. The van der Waals surface area contributed by atoms with Crippen molar-refractivity contribution in [1.82, 2.24) is 24.3 Å². The van der Waals surface area contributed by atoms with Crippen molar-refractivity contribution in [2.75, 3.05) is 27.2 Å². The second-order valence-corrected chi connectivity index (χ2v) is 12.7. The van der Waals surface area contributed by atoms with Crippen LogP contribution >= 0.6 is 0 Å². The zero-order chi connectivity index (χ0) is 30.0. The predicted molar refractivity (Wildman–Crippen MR) is 164 cm³/mol. The van der Waals surface area contributed by atoms with E-state index in [2.05, 4.69) is 34.1 Å². The van der Waals surface area contributed by atoms with Gasteiger partial charge >= 0.3 is 0 Å². The molecule has 0 radical (unpaired) electrons. The van der Waals surface area contributed by atoms with Gasteiger partial charge in [-0.1, -0.05) is 18.2 Å². The molecule has 9 nitrogen and oxygen atoms in total. The number of rotatable bonds is 7. The maximum atomic E-state index is 14.3. The highest BCUT2D eigenvalue weighted by Gasteiger charge is 2.37. The van der Waals surface area contributed by atoms with Crippen LogP contribution in [0.5, 0.6) is 5.75 Å². The number of aromatic nitrogens is 3. The van der Waals surface area contributed by atoms with Gasteiger partial charge in [0.15, 0.2) is 5.82 Å². The maximum Gasteiger partial charge on any atom is 0.254 e. The average Bonchev–Trinajstić information content (AvgIpc) is 3.63. The van der Waals surface area contributed by atoms with Crippen molar-refractivity contribution in [3.8, 4) is 17.3 Å². The summed E-state index contributed by atoms with van der Waals surface area (Å²) in [5.74, 6) is 2.22. The summed E-state index contributed by atoms with van der Waals surface area (Å²) in [5, 5.41) is 3.96. The van der Waals surface area contributed by atoms with Crippen LogP contribution in [0.15, 0.2) is 36.4 Å². The number of nitrogens with zero attached hydrogens (tertiary/aromatic N) is 4. The second kappa shape index (κ2) is 10.7.